The van der Waals surface area contributed by atoms with Crippen LogP contribution in [0, 0.1) is 0 Å². The standard InChI is InChI=1S/C17H18F3NO/c18-17(19,20)10-9-16(21)14-7-4-8-15(11-14)22-12-13-5-2-1-3-6-13/h1-8,11,16H,9-10,12,21H2/t16-/m0/s1. The number of ether oxygens (including phenoxy) is 1. The molecule has 0 aliphatic rings. The van der Waals surface area contributed by atoms with Gasteiger partial charge in [-0.2, -0.15) is 13.2 Å². The highest BCUT2D eigenvalue weighted by molar-refractivity contribution is 5.30. The van der Waals surface area contributed by atoms with Crippen LogP contribution in [0.1, 0.15) is 30.0 Å². The fraction of sp³-hybridized carbons (Fsp3) is 0.294. The van der Waals surface area contributed by atoms with Gasteiger partial charge in [-0.15, -0.1) is 0 Å². The van der Waals surface area contributed by atoms with E-state index in [1.165, 1.54) is 0 Å². The maximum atomic E-state index is 12.2. The highest BCUT2D eigenvalue weighted by Crippen LogP contribution is 2.27. The molecule has 0 spiro atoms. The van der Waals surface area contributed by atoms with Crippen molar-refractivity contribution in [2.45, 2.75) is 31.7 Å². The zero-order chi connectivity index (χ0) is 16.0. The second kappa shape index (κ2) is 7.31. The summed E-state index contributed by atoms with van der Waals surface area (Å²) >= 11 is 0. The lowest BCUT2D eigenvalue weighted by Crippen LogP contribution is -2.15. The van der Waals surface area contributed by atoms with Gasteiger partial charge in [-0.05, 0) is 29.7 Å². The largest absolute Gasteiger partial charge is 0.489 e. The van der Waals surface area contributed by atoms with Gasteiger partial charge in [0.15, 0.2) is 0 Å². The minimum atomic E-state index is -4.18. The zero-order valence-electron chi connectivity index (χ0n) is 12.0. The van der Waals surface area contributed by atoms with Crippen LogP contribution in [0.25, 0.3) is 0 Å². The van der Waals surface area contributed by atoms with Crippen molar-refractivity contribution >= 4 is 0 Å². The molecule has 0 unspecified atom stereocenters. The van der Waals surface area contributed by atoms with E-state index >= 15 is 0 Å². The predicted molar refractivity (Wildman–Crippen MR) is 79.4 cm³/mol. The first-order chi connectivity index (χ1) is 10.4. The Morgan fingerprint density at radius 3 is 2.41 bits per heavy atom. The molecule has 0 fully saturated rings. The number of benzene rings is 2. The molecular weight excluding hydrogens is 291 g/mol. The Balaban J connectivity index is 1.94. The monoisotopic (exact) mass is 309 g/mol. The molecule has 1 atom stereocenters. The molecule has 0 radical (unpaired) electrons. The quantitative estimate of drug-likeness (QED) is 0.846. The Kier molecular flexibility index (Phi) is 5.44. The second-order valence-electron chi connectivity index (χ2n) is 5.11. The molecule has 2 rings (SSSR count). The molecule has 2 aromatic rings. The molecule has 0 amide bonds. The lowest BCUT2D eigenvalue weighted by molar-refractivity contribution is -0.136. The van der Waals surface area contributed by atoms with Gasteiger partial charge in [-0.25, -0.2) is 0 Å². The van der Waals surface area contributed by atoms with Crippen molar-refractivity contribution in [3.8, 4) is 5.75 Å². The molecule has 0 aliphatic carbocycles. The first kappa shape index (κ1) is 16.4. The SMILES string of the molecule is N[C@@H](CCC(F)(F)F)c1cccc(OCc2ccccc2)c1. The molecule has 0 bridgehead atoms. The van der Waals surface area contributed by atoms with Gasteiger partial charge in [0.2, 0.25) is 0 Å². The first-order valence-electron chi connectivity index (χ1n) is 7.03. The lowest BCUT2D eigenvalue weighted by atomic mass is 10.0. The van der Waals surface area contributed by atoms with E-state index in [1.54, 1.807) is 24.3 Å². The molecule has 0 saturated heterocycles. The molecular formula is C17H18F3NO. The van der Waals surface area contributed by atoms with Crippen molar-refractivity contribution in [1.29, 1.82) is 0 Å². The van der Waals surface area contributed by atoms with Crippen LogP contribution >= 0.6 is 0 Å². The summed E-state index contributed by atoms with van der Waals surface area (Å²) in [7, 11) is 0. The van der Waals surface area contributed by atoms with Crippen LogP contribution in [0.3, 0.4) is 0 Å². The van der Waals surface area contributed by atoms with Gasteiger partial charge >= 0.3 is 6.18 Å². The highest BCUT2D eigenvalue weighted by atomic mass is 19.4. The van der Waals surface area contributed by atoms with E-state index in [0.29, 0.717) is 17.9 Å². The molecule has 0 aliphatic heterocycles. The topological polar surface area (TPSA) is 35.2 Å². The van der Waals surface area contributed by atoms with Crippen molar-refractivity contribution in [3.05, 3.63) is 65.7 Å². The molecule has 118 valence electrons. The van der Waals surface area contributed by atoms with Gasteiger partial charge in [0.25, 0.3) is 0 Å². The fourth-order valence-corrected chi connectivity index (χ4v) is 2.06. The highest BCUT2D eigenvalue weighted by Gasteiger charge is 2.27. The summed E-state index contributed by atoms with van der Waals surface area (Å²) in [5.41, 5.74) is 7.49. The van der Waals surface area contributed by atoms with E-state index in [2.05, 4.69) is 0 Å². The van der Waals surface area contributed by atoms with Gasteiger partial charge < -0.3 is 10.5 Å². The summed E-state index contributed by atoms with van der Waals surface area (Å²) in [5, 5.41) is 0. The summed E-state index contributed by atoms with van der Waals surface area (Å²) in [6.07, 6.45) is -5.20. The lowest BCUT2D eigenvalue weighted by Gasteiger charge is -2.15. The molecule has 2 aromatic carbocycles. The van der Waals surface area contributed by atoms with Gasteiger partial charge in [-0.3, -0.25) is 0 Å². The summed E-state index contributed by atoms with van der Waals surface area (Å²) < 4.78 is 42.4. The Labute approximate surface area is 127 Å². The van der Waals surface area contributed by atoms with Crippen LogP contribution in [0.2, 0.25) is 0 Å². The van der Waals surface area contributed by atoms with Crippen molar-refractivity contribution in [3.63, 3.8) is 0 Å². The third-order valence-corrected chi connectivity index (χ3v) is 3.27. The van der Waals surface area contributed by atoms with Crippen LogP contribution < -0.4 is 10.5 Å². The van der Waals surface area contributed by atoms with Gasteiger partial charge in [0, 0.05) is 12.5 Å². The van der Waals surface area contributed by atoms with Crippen molar-refractivity contribution in [2.24, 2.45) is 5.73 Å². The third-order valence-electron chi connectivity index (χ3n) is 3.27. The van der Waals surface area contributed by atoms with Crippen LogP contribution in [0.5, 0.6) is 5.75 Å². The zero-order valence-corrected chi connectivity index (χ0v) is 12.0. The molecule has 2 N–H and O–H groups in total. The molecule has 22 heavy (non-hydrogen) atoms. The number of hydrogen-bond acceptors (Lipinski definition) is 2. The molecule has 2 nitrogen and oxygen atoms in total. The number of hydrogen-bond donors (Lipinski definition) is 1. The van der Waals surface area contributed by atoms with Crippen molar-refractivity contribution in [2.75, 3.05) is 0 Å². The van der Waals surface area contributed by atoms with Crippen molar-refractivity contribution in [1.82, 2.24) is 0 Å². The average Bonchev–Trinajstić information content (AvgIpc) is 2.51. The summed E-state index contributed by atoms with van der Waals surface area (Å²) in [6, 6.07) is 15.9. The Hall–Kier alpha value is -2.01. The predicted octanol–water partition coefficient (Wildman–Crippen LogP) is 4.61. The van der Waals surface area contributed by atoms with Crippen molar-refractivity contribution < 1.29 is 17.9 Å². The van der Waals surface area contributed by atoms with Crippen LogP contribution in [0.15, 0.2) is 54.6 Å². The van der Waals surface area contributed by atoms with Crippen LogP contribution in [0.4, 0.5) is 13.2 Å². The van der Waals surface area contributed by atoms with Crippen LogP contribution in [-0.2, 0) is 6.61 Å². The molecule has 0 aromatic heterocycles. The minimum Gasteiger partial charge on any atom is -0.489 e. The van der Waals surface area contributed by atoms with E-state index < -0.39 is 18.6 Å². The number of nitrogens with two attached hydrogens (primary N) is 1. The maximum absolute atomic E-state index is 12.2. The van der Waals surface area contributed by atoms with Gasteiger partial charge in [0.05, 0.1) is 0 Å². The smallest absolute Gasteiger partial charge is 0.389 e. The second-order valence-corrected chi connectivity index (χ2v) is 5.11. The Bertz CT molecular complexity index is 584. The minimum absolute atomic E-state index is 0.133. The number of rotatable bonds is 6. The summed E-state index contributed by atoms with van der Waals surface area (Å²) in [6.45, 7) is 0.405. The third kappa shape index (κ3) is 5.41. The Morgan fingerprint density at radius 2 is 1.73 bits per heavy atom. The van der Waals surface area contributed by atoms with Gasteiger partial charge in [-0.1, -0.05) is 42.5 Å². The summed E-state index contributed by atoms with van der Waals surface area (Å²) in [4.78, 5) is 0. The molecule has 5 heteroatoms. The maximum Gasteiger partial charge on any atom is 0.389 e. The van der Waals surface area contributed by atoms with Gasteiger partial charge in [0.1, 0.15) is 12.4 Å². The van der Waals surface area contributed by atoms with E-state index in [1.807, 2.05) is 30.3 Å². The first-order valence-corrected chi connectivity index (χ1v) is 7.03. The van der Waals surface area contributed by atoms with E-state index in [-0.39, 0.29) is 6.42 Å². The summed E-state index contributed by atoms with van der Waals surface area (Å²) in [5.74, 6) is 0.601. The van der Waals surface area contributed by atoms with E-state index in [9.17, 15) is 13.2 Å². The Morgan fingerprint density at radius 1 is 1.00 bits per heavy atom. The molecule has 0 heterocycles. The molecule has 0 saturated carbocycles. The van der Waals surface area contributed by atoms with Crippen LogP contribution in [-0.4, -0.2) is 6.18 Å². The number of alkyl halides is 3. The number of halogens is 3. The fourth-order valence-electron chi connectivity index (χ4n) is 2.06. The van der Waals surface area contributed by atoms with E-state index in [0.717, 1.165) is 5.56 Å². The average molecular weight is 309 g/mol. The normalized spacial score (nSPS) is 12.9. The van der Waals surface area contributed by atoms with E-state index in [4.69, 9.17) is 10.5 Å².